The van der Waals surface area contributed by atoms with Gasteiger partial charge in [0, 0.05) is 12.1 Å². The second-order valence-electron chi connectivity index (χ2n) is 6.80. The van der Waals surface area contributed by atoms with E-state index in [1.165, 1.54) is 19.3 Å². The van der Waals surface area contributed by atoms with Crippen molar-refractivity contribution in [2.45, 2.75) is 65.5 Å². The van der Waals surface area contributed by atoms with Crippen LogP contribution in [-0.4, -0.2) is 23.8 Å². The first-order chi connectivity index (χ1) is 7.44. The fraction of sp³-hybridized carbons (Fsp3) is 1.00. The molecule has 0 aliphatic heterocycles. The van der Waals surface area contributed by atoms with E-state index >= 15 is 0 Å². The monoisotopic (exact) mass is 225 g/mol. The van der Waals surface area contributed by atoms with Crippen LogP contribution in [0.2, 0.25) is 0 Å². The Bertz CT molecular complexity index is 255. The van der Waals surface area contributed by atoms with Crippen LogP contribution >= 0.6 is 0 Å². The van der Waals surface area contributed by atoms with Crippen molar-refractivity contribution in [2.24, 2.45) is 16.7 Å². The Labute approximate surface area is 99.8 Å². The average molecular weight is 225 g/mol. The van der Waals surface area contributed by atoms with Crippen LogP contribution in [0.5, 0.6) is 0 Å². The number of hydrogen-bond acceptors (Lipinski definition) is 2. The number of rotatable bonds is 4. The lowest BCUT2D eigenvalue weighted by Crippen LogP contribution is -2.54. The molecule has 0 aromatic carbocycles. The van der Waals surface area contributed by atoms with Crippen molar-refractivity contribution in [1.29, 1.82) is 0 Å². The first kappa shape index (κ1) is 12.4. The average Bonchev–Trinajstić information content (AvgIpc) is 2.69. The third kappa shape index (κ3) is 1.70. The molecular weight excluding hydrogens is 198 g/mol. The van der Waals surface area contributed by atoms with Gasteiger partial charge in [-0.3, -0.25) is 0 Å². The minimum absolute atomic E-state index is 0.268. The Hall–Kier alpha value is -0.0800. The standard InChI is InChI=1S/C14H27NO/c1-5-11(9-16)15-12-13(2,3)10-6-7-14(12,4)8-10/h10-12,15-16H,5-9H2,1-4H3/t10-,11-,12?,14+/m0/s1. The summed E-state index contributed by atoms with van der Waals surface area (Å²) in [6, 6.07) is 0.858. The van der Waals surface area contributed by atoms with Gasteiger partial charge in [-0.05, 0) is 42.4 Å². The van der Waals surface area contributed by atoms with Crippen molar-refractivity contribution in [3.63, 3.8) is 0 Å². The van der Waals surface area contributed by atoms with E-state index in [1.807, 2.05) is 0 Å². The van der Waals surface area contributed by atoms with Crippen LogP contribution in [0.4, 0.5) is 0 Å². The number of aliphatic hydroxyl groups is 1. The molecule has 16 heavy (non-hydrogen) atoms. The lowest BCUT2D eigenvalue weighted by atomic mass is 9.68. The van der Waals surface area contributed by atoms with E-state index in [0.717, 1.165) is 12.3 Å². The van der Waals surface area contributed by atoms with Gasteiger partial charge >= 0.3 is 0 Å². The quantitative estimate of drug-likeness (QED) is 0.770. The van der Waals surface area contributed by atoms with Crippen molar-refractivity contribution in [1.82, 2.24) is 5.32 Å². The van der Waals surface area contributed by atoms with Gasteiger partial charge in [0.1, 0.15) is 0 Å². The molecule has 0 radical (unpaired) electrons. The molecule has 0 aromatic rings. The molecule has 2 fully saturated rings. The van der Waals surface area contributed by atoms with Gasteiger partial charge in [0.25, 0.3) is 0 Å². The van der Waals surface area contributed by atoms with Gasteiger partial charge < -0.3 is 10.4 Å². The molecule has 0 aromatic heterocycles. The first-order valence-electron chi connectivity index (χ1n) is 6.81. The van der Waals surface area contributed by atoms with Gasteiger partial charge in [-0.25, -0.2) is 0 Å². The normalized spacial score (nSPS) is 42.6. The van der Waals surface area contributed by atoms with Gasteiger partial charge in [-0.2, -0.15) is 0 Å². The fourth-order valence-electron chi connectivity index (χ4n) is 4.25. The molecule has 0 spiro atoms. The van der Waals surface area contributed by atoms with Gasteiger partial charge in [0.15, 0.2) is 0 Å². The van der Waals surface area contributed by atoms with Crippen LogP contribution in [0.15, 0.2) is 0 Å². The minimum Gasteiger partial charge on any atom is -0.395 e. The van der Waals surface area contributed by atoms with E-state index in [4.69, 9.17) is 0 Å². The summed E-state index contributed by atoms with van der Waals surface area (Å²) in [5, 5.41) is 13.1. The maximum Gasteiger partial charge on any atom is 0.0584 e. The molecule has 2 rings (SSSR count). The smallest absolute Gasteiger partial charge is 0.0584 e. The zero-order chi connectivity index (χ0) is 12.0. The summed E-state index contributed by atoms with van der Waals surface area (Å²) in [4.78, 5) is 0. The summed E-state index contributed by atoms with van der Waals surface area (Å²) in [5.41, 5.74) is 0.867. The molecule has 2 N–H and O–H groups in total. The molecule has 1 unspecified atom stereocenters. The Kier molecular flexibility index (Phi) is 3.09. The van der Waals surface area contributed by atoms with Crippen molar-refractivity contribution in [2.75, 3.05) is 6.61 Å². The van der Waals surface area contributed by atoms with Gasteiger partial charge in [0.05, 0.1) is 6.61 Å². The van der Waals surface area contributed by atoms with E-state index in [0.29, 0.717) is 16.9 Å². The van der Waals surface area contributed by atoms with Crippen LogP contribution in [-0.2, 0) is 0 Å². The summed E-state index contributed by atoms with van der Waals surface area (Å²) in [6.45, 7) is 9.66. The van der Waals surface area contributed by atoms with Crippen molar-refractivity contribution in [3.8, 4) is 0 Å². The summed E-state index contributed by atoms with van der Waals surface area (Å²) < 4.78 is 0. The Morgan fingerprint density at radius 1 is 1.38 bits per heavy atom. The highest BCUT2D eigenvalue weighted by Gasteiger charge is 2.59. The van der Waals surface area contributed by atoms with Crippen molar-refractivity contribution >= 4 is 0 Å². The molecule has 0 saturated heterocycles. The van der Waals surface area contributed by atoms with Crippen LogP contribution < -0.4 is 5.32 Å². The molecule has 2 bridgehead atoms. The summed E-state index contributed by atoms with van der Waals surface area (Å²) in [7, 11) is 0. The lowest BCUT2D eigenvalue weighted by Gasteiger charge is -2.44. The predicted octanol–water partition coefficient (Wildman–Crippen LogP) is 2.56. The van der Waals surface area contributed by atoms with Gasteiger partial charge in [0.2, 0.25) is 0 Å². The molecule has 2 heteroatoms. The minimum atomic E-state index is 0.268. The number of aliphatic hydroxyl groups excluding tert-OH is 1. The highest BCUT2D eigenvalue weighted by molar-refractivity contribution is 5.12. The fourth-order valence-corrected chi connectivity index (χ4v) is 4.25. The second-order valence-corrected chi connectivity index (χ2v) is 6.80. The molecule has 94 valence electrons. The highest BCUT2D eigenvalue weighted by Crippen LogP contribution is 2.62. The topological polar surface area (TPSA) is 32.3 Å². The van der Waals surface area contributed by atoms with Gasteiger partial charge in [-0.15, -0.1) is 0 Å². The largest absolute Gasteiger partial charge is 0.395 e. The molecule has 2 saturated carbocycles. The molecule has 0 amide bonds. The van der Waals surface area contributed by atoms with Gasteiger partial charge in [-0.1, -0.05) is 27.7 Å². The number of fused-ring (bicyclic) bond motifs is 2. The zero-order valence-electron chi connectivity index (χ0n) is 11.2. The van der Waals surface area contributed by atoms with E-state index in [2.05, 4.69) is 33.0 Å². The van der Waals surface area contributed by atoms with Crippen LogP contribution in [0.3, 0.4) is 0 Å². The number of nitrogens with one attached hydrogen (secondary N) is 1. The van der Waals surface area contributed by atoms with Crippen molar-refractivity contribution in [3.05, 3.63) is 0 Å². The molecule has 0 heterocycles. The van der Waals surface area contributed by atoms with E-state index in [9.17, 15) is 5.11 Å². The van der Waals surface area contributed by atoms with E-state index in [1.54, 1.807) is 0 Å². The zero-order valence-corrected chi connectivity index (χ0v) is 11.2. The van der Waals surface area contributed by atoms with E-state index in [-0.39, 0.29) is 12.6 Å². The SMILES string of the molecule is CC[C@@H](CO)NC1C(C)(C)[C@H]2CC[C@]1(C)C2. The Morgan fingerprint density at radius 2 is 2.06 bits per heavy atom. The summed E-state index contributed by atoms with van der Waals surface area (Å²) in [5.74, 6) is 0.881. The van der Waals surface area contributed by atoms with Crippen molar-refractivity contribution < 1.29 is 5.11 Å². The maximum absolute atomic E-state index is 9.35. The number of hydrogen-bond donors (Lipinski definition) is 2. The molecule has 2 aliphatic rings. The van der Waals surface area contributed by atoms with E-state index < -0.39 is 0 Å². The third-order valence-electron chi connectivity index (χ3n) is 5.39. The first-order valence-corrected chi connectivity index (χ1v) is 6.81. The maximum atomic E-state index is 9.35. The molecular formula is C14H27NO. The summed E-state index contributed by atoms with van der Waals surface area (Å²) >= 11 is 0. The van der Waals surface area contributed by atoms with Crippen LogP contribution in [0, 0.1) is 16.7 Å². The summed E-state index contributed by atoms with van der Waals surface area (Å²) in [6.07, 6.45) is 5.15. The highest BCUT2D eigenvalue weighted by atomic mass is 16.3. The van der Waals surface area contributed by atoms with Crippen LogP contribution in [0.25, 0.3) is 0 Å². The molecule has 4 atom stereocenters. The Balaban J connectivity index is 2.13. The van der Waals surface area contributed by atoms with Crippen LogP contribution in [0.1, 0.15) is 53.4 Å². The third-order valence-corrected chi connectivity index (χ3v) is 5.39. The Morgan fingerprint density at radius 3 is 2.50 bits per heavy atom. The second kappa shape index (κ2) is 3.99. The predicted molar refractivity (Wildman–Crippen MR) is 67.3 cm³/mol. The molecule has 2 nitrogen and oxygen atoms in total. The molecule has 2 aliphatic carbocycles. The lowest BCUT2D eigenvalue weighted by molar-refractivity contribution is 0.0860.